The van der Waals surface area contributed by atoms with Gasteiger partial charge in [-0.05, 0) is 37.1 Å². The van der Waals surface area contributed by atoms with Gasteiger partial charge in [0.25, 0.3) is 0 Å². The number of aromatic nitrogens is 2. The molecule has 0 unspecified atom stereocenters. The lowest BCUT2D eigenvalue weighted by Gasteiger charge is -2.31. The summed E-state index contributed by atoms with van der Waals surface area (Å²) in [5.41, 5.74) is 6.01. The molecule has 0 spiro atoms. The Labute approximate surface area is 228 Å². The number of sulfonamides is 1. The number of carbonyl (C=O) groups excluding carboxylic acids is 1. The standard InChI is InChI=1S/C25H28F2N6O4S2/c26-19-2-1-3-20(27)21(19)22(34)23-24(28)31-25(38-23)30-16-6-8-33(9-7-16)39(35,36)18-5-4-17(29-14-18)15-32-10-12-37-13-11-32/h1-5,14,16H,6-13,15,28H2,(H,30,31). The zero-order valence-corrected chi connectivity index (χ0v) is 22.6. The Morgan fingerprint density at radius 1 is 1.10 bits per heavy atom. The minimum absolute atomic E-state index is 0.0638. The second kappa shape index (κ2) is 11.6. The second-order valence-corrected chi connectivity index (χ2v) is 12.3. The van der Waals surface area contributed by atoms with Gasteiger partial charge in [0, 0.05) is 45.0 Å². The van der Waals surface area contributed by atoms with Gasteiger partial charge in [-0.15, -0.1) is 0 Å². The third-order valence-electron chi connectivity index (χ3n) is 6.76. The van der Waals surface area contributed by atoms with Crippen LogP contribution in [0.4, 0.5) is 19.7 Å². The second-order valence-electron chi connectivity index (χ2n) is 9.36. The van der Waals surface area contributed by atoms with Crippen LogP contribution in [0, 0.1) is 11.6 Å². The predicted octanol–water partition coefficient (Wildman–Crippen LogP) is 2.73. The van der Waals surface area contributed by atoms with Crippen molar-refractivity contribution in [2.45, 2.75) is 30.3 Å². The molecule has 2 fully saturated rings. The van der Waals surface area contributed by atoms with Crippen LogP contribution in [0.25, 0.3) is 0 Å². The summed E-state index contributed by atoms with van der Waals surface area (Å²) in [5, 5.41) is 3.50. The number of nitrogens with two attached hydrogens (primary N) is 1. The molecule has 0 bridgehead atoms. The van der Waals surface area contributed by atoms with Crippen LogP contribution in [-0.4, -0.2) is 78.8 Å². The number of thiazole rings is 1. The first-order valence-electron chi connectivity index (χ1n) is 12.5. The molecule has 0 amide bonds. The summed E-state index contributed by atoms with van der Waals surface area (Å²) >= 11 is 0.910. The summed E-state index contributed by atoms with van der Waals surface area (Å²) in [6.45, 7) is 4.20. The number of piperidine rings is 1. The molecule has 2 aliphatic rings. The van der Waals surface area contributed by atoms with Gasteiger partial charge in [-0.25, -0.2) is 22.2 Å². The Morgan fingerprint density at radius 2 is 1.79 bits per heavy atom. The van der Waals surface area contributed by atoms with Crippen molar-refractivity contribution in [2.24, 2.45) is 0 Å². The number of morpholine rings is 1. The molecule has 1 aromatic carbocycles. The van der Waals surface area contributed by atoms with Gasteiger partial charge in [0.05, 0.1) is 24.5 Å². The third-order valence-corrected chi connectivity index (χ3v) is 9.64. The molecule has 10 nitrogen and oxygen atoms in total. The van der Waals surface area contributed by atoms with E-state index in [1.165, 1.54) is 16.6 Å². The molecule has 208 valence electrons. The highest BCUT2D eigenvalue weighted by molar-refractivity contribution is 7.89. The molecule has 4 heterocycles. The maximum Gasteiger partial charge on any atom is 0.244 e. The number of halogens is 2. The summed E-state index contributed by atoms with van der Waals surface area (Å²) < 4.78 is 61.3. The fraction of sp³-hybridized carbons (Fsp3) is 0.400. The Morgan fingerprint density at radius 3 is 2.44 bits per heavy atom. The van der Waals surface area contributed by atoms with Gasteiger partial charge in [-0.2, -0.15) is 4.31 Å². The van der Waals surface area contributed by atoms with Crippen LogP contribution in [0.1, 0.15) is 33.8 Å². The van der Waals surface area contributed by atoms with E-state index < -0.39 is 33.0 Å². The maximum atomic E-state index is 14.1. The zero-order valence-electron chi connectivity index (χ0n) is 21.0. The average molecular weight is 579 g/mol. The Kier molecular flexibility index (Phi) is 8.19. The number of pyridine rings is 1. The lowest BCUT2D eigenvalue weighted by molar-refractivity contribution is 0.0336. The highest BCUT2D eigenvalue weighted by atomic mass is 32.2. The van der Waals surface area contributed by atoms with E-state index in [1.807, 2.05) is 0 Å². The molecule has 39 heavy (non-hydrogen) atoms. The highest BCUT2D eigenvalue weighted by Gasteiger charge is 2.31. The fourth-order valence-electron chi connectivity index (χ4n) is 4.59. The summed E-state index contributed by atoms with van der Waals surface area (Å²) in [6, 6.07) is 6.40. The quantitative estimate of drug-likeness (QED) is 0.388. The molecule has 0 saturated carbocycles. The molecular weight excluding hydrogens is 550 g/mol. The van der Waals surface area contributed by atoms with Gasteiger partial charge in [-0.3, -0.25) is 14.7 Å². The smallest absolute Gasteiger partial charge is 0.244 e. The van der Waals surface area contributed by atoms with Gasteiger partial charge in [0.1, 0.15) is 27.2 Å². The molecule has 3 N–H and O–H groups in total. The number of nitrogens with zero attached hydrogens (tertiary/aromatic N) is 4. The van der Waals surface area contributed by atoms with Crippen molar-refractivity contribution in [3.8, 4) is 0 Å². The van der Waals surface area contributed by atoms with Crippen LogP contribution in [0.15, 0.2) is 41.4 Å². The fourth-order valence-corrected chi connectivity index (χ4v) is 6.92. The first kappa shape index (κ1) is 27.5. The van der Waals surface area contributed by atoms with Crippen LogP contribution in [0.5, 0.6) is 0 Å². The number of nitrogen functional groups attached to an aromatic ring is 1. The van der Waals surface area contributed by atoms with E-state index in [0.717, 1.165) is 42.3 Å². The molecule has 2 aromatic heterocycles. The topological polar surface area (TPSA) is 131 Å². The van der Waals surface area contributed by atoms with E-state index in [9.17, 15) is 22.0 Å². The van der Waals surface area contributed by atoms with Crippen LogP contribution < -0.4 is 11.1 Å². The van der Waals surface area contributed by atoms with Crippen LogP contribution in [-0.2, 0) is 21.3 Å². The average Bonchev–Trinajstić information content (AvgIpc) is 3.29. The summed E-state index contributed by atoms with van der Waals surface area (Å²) in [6.07, 6.45) is 2.39. The minimum atomic E-state index is -3.70. The number of carbonyl (C=O) groups is 1. The van der Waals surface area contributed by atoms with Crippen LogP contribution >= 0.6 is 11.3 Å². The van der Waals surface area contributed by atoms with Crippen molar-refractivity contribution in [3.05, 3.63) is 64.3 Å². The number of anilines is 2. The number of benzene rings is 1. The van der Waals surface area contributed by atoms with E-state index in [1.54, 1.807) is 12.1 Å². The lowest BCUT2D eigenvalue weighted by Crippen LogP contribution is -2.42. The Balaban J connectivity index is 1.18. The molecular formula is C25H28F2N6O4S2. The van der Waals surface area contributed by atoms with Gasteiger partial charge in [0.15, 0.2) is 5.13 Å². The first-order chi connectivity index (χ1) is 18.7. The van der Waals surface area contributed by atoms with E-state index in [0.29, 0.717) is 37.7 Å². The monoisotopic (exact) mass is 578 g/mol. The molecule has 0 atom stereocenters. The number of ketones is 1. The van der Waals surface area contributed by atoms with E-state index in [2.05, 4.69) is 20.2 Å². The van der Waals surface area contributed by atoms with Crippen LogP contribution in [0.3, 0.4) is 0 Å². The number of nitrogens with one attached hydrogen (secondary N) is 1. The van der Waals surface area contributed by atoms with Gasteiger partial charge >= 0.3 is 0 Å². The highest BCUT2D eigenvalue weighted by Crippen LogP contribution is 2.31. The normalized spacial score (nSPS) is 17.8. The Hall–Kier alpha value is -3.04. The van der Waals surface area contributed by atoms with E-state index in [4.69, 9.17) is 10.5 Å². The van der Waals surface area contributed by atoms with E-state index in [-0.39, 0.29) is 34.7 Å². The van der Waals surface area contributed by atoms with Gasteiger partial charge < -0.3 is 15.8 Å². The molecule has 0 aliphatic carbocycles. The van der Waals surface area contributed by atoms with Crippen molar-refractivity contribution < 1.29 is 26.7 Å². The van der Waals surface area contributed by atoms with E-state index >= 15 is 0 Å². The minimum Gasteiger partial charge on any atom is -0.382 e. The van der Waals surface area contributed by atoms with Crippen molar-refractivity contribution in [3.63, 3.8) is 0 Å². The molecule has 2 aliphatic heterocycles. The number of hydrogen-bond acceptors (Lipinski definition) is 10. The largest absolute Gasteiger partial charge is 0.382 e. The summed E-state index contributed by atoms with van der Waals surface area (Å²) in [7, 11) is -3.70. The van der Waals surface area contributed by atoms with Crippen molar-refractivity contribution in [2.75, 3.05) is 50.4 Å². The van der Waals surface area contributed by atoms with Gasteiger partial charge in [-0.1, -0.05) is 17.4 Å². The Bertz CT molecular complexity index is 1420. The molecule has 2 saturated heterocycles. The van der Waals surface area contributed by atoms with Crippen molar-refractivity contribution in [1.82, 2.24) is 19.2 Å². The summed E-state index contributed by atoms with van der Waals surface area (Å²) in [4.78, 5) is 23.5. The molecule has 14 heteroatoms. The number of hydrogen-bond donors (Lipinski definition) is 2. The number of rotatable bonds is 8. The molecule has 0 radical (unpaired) electrons. The van der Waals surface area contributed by atoms with Crippen LogP contribution in [0.2, 0.25) is 0 Å². The maximum absolute atomic E-state index is 14.1. The SMILES string of the molecule is Nc1nc(NC2CCN(S(=O)(=O)c3ccc(CN4CCOCC4)nc3)CC2)sc1C(=O)c1c(F)cccc1F. The van der Waals surface area contributed by atoms with Crippen molar-refractivity contribution in [1.29, 1.82) is 0 Å². The predicted molar refractivity (Wildman–Crippen MR) is 142 cm³/mol. The molecule has 5 rings (SSSR count). The third kappa shape index (κ3) is 6.09. The lowest BCUT2D eigenvalue weighted by atomic mass is 10.1. The van der Waals surface area contributed by atoms with Gasteiger partial charge in [0.2, 0.25) is 15.8 Å². The summed E-state index contributed by atoms with van der Waals surface area (Å²) in [5.74, 6) is -2.95. The first-order valence-corrected chi connectivity index (χ1v) is 14.7. The zero-order chi connectivity index (χ0) is 27.6. The number of ether oxygens (including phenoxy) is 1. The molecule has 3 aromatic rings. The van der Waals surface area contributed by atoms with Crippen molar-refractivity contribution >= 4 is 38.1 Å².